The van der Waals surface area contributed by atoms with E-state index < -0.39 is 0 Å². The van der Waals surface area contributed by atoms with Crippen LogP contribution in [0.25, 0.3) is 33.4 Å². The molecule has 5 aromatic rings. The van der Waals surface area contributed by atoms with Gasteiger partial charge in [-0.05, 0) is 59.4 Å². The third kappa shape index (κ3) is 3.75. The highest BCUT2D eigenvalue weighted by Gasteiger charge is 2.22. The van der Waals surface area contributed by atoms with Gasteiger partial charge in [-0.2, -0.15) is 0 Å². The number of nitrogens with one attached hydrogen (secondary N) is 1. The molecular weight excluding hydrogens is 426 g/mol. The predicted molar refractivity (Wildman–Crippen MR) is 147 cm³/mol. The lowest BCUT2D eigenvalue weighted by Gasteiger charge is -2.26. The van der Waals surface area contributed by atoms with Crippen molar-refractivity contribution in [2.45, 2.75) is 20.0 Å². The number of nitrogens with zero attached hydrogens (tertiary/aromatic N) is 2. The highest BCUT2D eigenvalue weighted by atomic mass is 15.1. The molecule has 1 aliphatic rings. The molecule has 0 saturated heterocycles. The van der Waals surface area contributed by atoms with E-state index in [1.54, 1.807) is 0 Å². The minimum absolute atomic E-state index is 0.123. The second-order valence-corrected chi connectivity index (χ2v) is 9.05. The third-order valence-corrected chi connectivity index (χ3v) is 6.82. The molecule has 3 heteroatoms. The van der Waals surface area contributed by atoms with Crippen LogP contribution in [0.1, 0.15) is 28.4 Å². The molecule has 1 atom stereocenters. The Labute approximate surface area is 206 Å². The topological polar surface area (TPSA) is 29.3 Å². The Morgan fingerprint density at radius 2 is 1.43 bits per heavy atom. The first kappa shape index (κ1) is 21.2. The van der Waals surface area contributed by atoms with Crippen molar-refractivity contribution in [2.24, 2.45) is 4.99 Å². The van der Waals surface area contributed by atoms with Crippen molar-refractivity contribution in [3.05, 3.63) is 132 Å². The molecule has 170 valence electrons. The normalized spacial score (nSPS) is 15.4. The largest absolute Gasteiger partial charge is 0.358 e. The van der Waals surface area contributed by atoms with E-state index in [1.807, 2.05) is 12.3 Å². The van der Waals surface area contributed by atoms with Gasteiger partial charge in [0.1, 0.15) is 6.17 Å². The molecule has 0 spiro atoms. The summed E-state index contributed by atoms with van der Waals surface area (Å²) in [5.74, 6) is 0. The van der Waals surface area contributed by atoms with Crippen LogP contribution in [-0.2, 0) is 0 Å². The molecule has 1 aromatic heterocycles. The van der Waals surface area contributed by atoms with Crippen LogP contribution in [0, 0.1) is 13.8 Å². The highest BCUT2D eigenvalue weighted by molar-refractivity contribution is 6.16. The number of benzene rings is 4. The van der Waals surface area contributed by atoms with Crippen LogP contribution in [-0.4, -0.2) is 10.8 Å². The molecule has 3 nitrogen and oxygen atoms in total. The van der Waals surface area contributed by atoms with Gasteiger partial charge in [-0.15, -0.1) is 0 Å². The summed E-state index contributed by atoms with van der Waals surface area (Å²) in [6.45, 7) is 4.38. The average molecular weight is 454 g/mol. The molecule has 0 aliphatic carbocycles. The molecule has 6 rings (SSSR count). The summed E-state index contributed by atoms with van der Waals surface area (Å²) in [7, 11) is 0. The van der Waals surface area contributed by atoms with Gasteiger partial charge < -0.3 is 9.88 Å². The first-order valence-electron chi connectivity index (χ1n) is 12.0. The summed E-state index contributed by atoms with van der Waals surface area (Å²) in [4.78, 5) is 4.92. The minimum Gasteiger partial charge on any atom is -0.358 e. The summed E-state index contributed by atoms with van der Waals surface area (Å²) in [6.07, 6.45) is 4.06. The Balaban J connectivity index is 1.54. The monoisotopic (exact) mass is 453 g/mol. The van der Waals surface area contributed by atoms with Crippen molar-refractivity contribution >= 4 is 28.5 Å². The maximum atomic E-state index is 4.92. The van der Waals surface area contributed by atoms with Crippen LogP contribution >= 0.6 is 0 Å². The Hall–Kier alpha value is -4.37. The number of hydrogen-bond acceptors (Lipinski definition) is 2. The highest BCUT2D eigenvalue weighted by Crippen LogP contribution is 2.37. The standard InChI is InChI=1S/C32H27N3/c1-22-11-9-10-16-26(22)30-23(2)17-18-28-27(30)19-20-35(28)29-21-33-32(25-14-7-4-8-15-25)34-31(29)24-12-5-3-6-13-24/h3-21,32,34H,1-2H3. The number of aliphatic imine (C=N–C) groups is 1. The lowest BCUT2D eigenvalue weighted by atomic mass is 9.94. The van der Waals surface area contributed by atoms with Gasteiger partial charge in [0.05, 0.1) is 23.1 Å². The summed E-state index contributed by atoms with van der Waals surface area (Å²) in [6, 6.07) is 36.2. The van der Waals surface area contributed by atoms with E-state index >= 15 is 0 Å². The molecule has 0 saturated carbocycles. The van der Waals surface area contributed by atoms with Crippen molar-refractivity contribution in [1.82, 2.24) is 9.88 Å². The number of aromatic nitrogens is 1. The van der Waals surface area contributed by atoms with Gasteiger partial charge in [-0.1, -0.05) is 91.0 Å². The van der Waals surface area contributed by atoms with E-state index in [1.165, 1.54) is 33.2 Å². The van der Waals surface area contributed by atoms with Crippen LogP contribution in [0.5, 0.6) is 0 Å². The van der Waals surface area contributed by atoms with Crippen LogP contribution in [0.15, 0.2) is 114 Å². The van der Waals surface area contributed by atoms with Gasteiger partial charge in [-0.25, -0.2) is 0 Å². The number of hydrogen-bond donors (Lipinski definition) is 1. The number of fused-ring (bicyclic) bond motifs is 1. The molecule has 1 N–H and O–H groups in total. The average Bonchev–Trinajstić information content (AvgIpc) is 3.34. The van der Waals surface area contributed by atoms with Crippen molar-refractivity contribution in [3.63, 3.8) is 0 Å². The van der Waals surface area contributed by atoms with Crippen molar-refractivity contribution < 1.29 is 0 Å². The zero-order valence-electron chi connectivity index (χ0n) is 19.9. The molecular formula is C32H27N3. The van der Waals surface area contributed by atoms with Crippen LogP contribution in [0.4, 0.5) is 0 Å². The maximum absolute atomic E-state index is 4.92. The van der Waals surface area contributed by atoms with Gasteiger partial charge in [0, 0.05) is 11.6 Å². The van der Waals surface area contributed by atoms with Crippen molar-refractivity contribution in [3.8, 4) is 11.1 Å². The summed E-state index contributed by atoms with van der Waals surface area (Å²) in [5.41, 5.74) is 10.7. The van der Waals surface area contributed by atoms with E-state index in [-0.39, 0.29) is 6.17 Å². The zero-order chi connectivity index (χ0) is 23.8. The minimum atomic E-state index is -0.123. The van der Waals surface area contributed by atoms with Crippen molar-refractivity contribution in [1.29, 1.82) is 0 Å². The Kier molecular flexibility index (Phi) is 5.31. The molecule has 35 heavy (non-hydrogen) atoms. The molecule has 2 heterocycles. The van der Waals surface area contributed by atoms with Crippen molar-refractivity contribution in [2.75, 3.05) is 0 Å². The van der Waals surface area contributed by atoms with Gasteiger partial charge in [0.25, 0.3) is 0 Å². The predicted octanol–water partition coefficient (Wildman–Crippen LogP) is 7.62. The van der Waals surface area contributed by atoms with E-state index in [0.717, 1.165) is 22.5 Å². The molecule has 0 bridgehead atoms. The number of allylic oxidation sites excluding steroid dienone is 1. The second kappa shape index (κ2) is 8.77. The second-order valence-electron chi connectivity index (χ2n) is 9.05. The smallest absolute Gasteiger partial charge is 0.144 e. The fourth-order valence-corrected chi connectivity index (χ4v) is 5.03. The Morgan fingerprint density at radius 1 is 0.714 bits per heavy atom. The molecule has 0 amide bonds. The molecule has 4 aromatic carbocycles. The van der Waals surface area contributed by atoms with Gasteiger partial charge in [0.15, 0.2) is 0 Å². The van der Waals surface area contributed by atoms with Gasteiger partial charge in [-0.3, -0.25) is 4.99 Å². The van der Waals surface area contributed by atoms with Crippen LogP contribution in [0.3, 0.4) is 0 Å². The van der Waals surface area contributed by atoms with E-state index in [2.05, 4.69) is 127 Å². The SMILES string of the molecule is Cc1ccccc1-c1c(C)ccc2c1ccn2C1=C(c2ccccc2)NC(c2ccccc2)N=C1. The molecule has 1 unspecified atom stereocenters. The summed E-state index contributed by atoms with van der Waals surface area (Å²) < 4.78 is 2.26. The molecule has 0 radical (unpaired) electrons. The molecule has 0 fully saturated rings. The number of rotatable bonds is 4. The van der Waals surface area contributed by atoms with E-state index in [4.69, 9.17) is 4.99 Å². The zero-order valence-corrected chi connectivity index (χ0v) is 19.9. The van der Waals surface area contributed by atoms with Crippen LogP contribution < -0.4 is 5.32 Å². The first-order valence-corrected chi connectivity index (χ1v) is 12.0. The van der Waals surface area contributed by atoms with Crippen LogP contribution in [0.2, 0.25) is 0 Å². The lowest BCUT2D eigenvalue weighted by Crippen LogP contribution is -2.25. The Bertz CT molecular complexity index is 1570. The molecule has 1 aliphatic heterocycles. The fraction of sp³-hybridized carbons (Fsp3) is 0.0938. The first-order chi connectivity index (χ1) is 17.2. The fourth-order valence-electron chi connectivity index (χ4n) is 5.03. The third-order valence-electron chi connectivity index (χ3n) is 6.82. The van der Waals surface area contributed by atoms with E-state index in [9.17, 15) is 0 Å². The summed E-state index contributed by atoms with van der Waals surface area (Å²) in [5, 5.41) is 4.96. The Morgan fingerprint density at radius 3 is 2.20 bits per heavy atom. The summed E-state index contributed by atoms with van der Waals surface area (Å²) >= 11 is 0. The number of aryl methyl sites for hydroxylation is 2. The van der Waals surface area contributed by atoms with Gasteiger partial charge >= 0.3 is 0 Å². The lowest BCUT2D eigenvalue weighted by molar-refractivity contribution is 0.666. The quantitative estimate of drug-likeness (QED) is 0.298. The maximum Gasteiger partial charge on any atom is 0.144 e. The van der Waals surface area contributed by atoms with E-state index in [0.29, 0.717) is 0 Å². The van der Waals surface area contributed by atoms with Gasteiger partial charge in [0.2, 0.25) is 0 Å².